The first kappa shape index (κ1) is 13.4. The molecule has 23 heavy (non-hydrogen) atoms. The van der Waals surface area contributed by atoms with Gasteiger partial charge in [0.1, 0.15) is 5.69 Å². The maximum atomic E-state index is 12.5. The molecule has 2 heterocycles. The molecule has 1 amide bonds. The number of rotatable bonds is 2. The highest BCUT2D eigenvalue weighted by Gasteiger charge is 2.10. The summed E-state index contributed by atoms with van der Waals surface area (Å²) in [5, 5.41) is 4.90. The van der Waals surface area contributed by atoms with E-state index in [1.54, 1.807) is 12.3 Å². The Bertz CT molecular complexity index is 1020. The number of fused-ring (bicyclic) bond motifs is 2. The second kappa shape index (κ2) is 5.50. The number of benzene rings is 2. The third-order valence-corrected chi connectivity index (χ3v) is 3.71. The lowest BCUT2D eigenvalue weighted by Crippen LogP contribution is -2.14. The van der Waals surface area contributed by atoms with Crippen LogP contribution in [0.4, 0.5) is 5.69 Å². The Morgan fingerprint density at radius 1 is 0.826 bits per heavy atom. The highest BCUT2D eigenvalue weighted by atomic mass is 16.1. The van der Waals surface area contributed by atoms with Gasteiger partial charge in [0.25, 0.3) is 5.91 Å². The minimum absolute atomic E-state index is 0.242. The van der Waals surface area contributed by atoms with Crippen LogP contribution in [0.15, 0.2) is 72.9 Å². The molecule has 0 saturated heterocycles. The zero-order chi connectivity index (χ0) is 15.6. The van der Waals surface area contributed by atoms with E-state index in [4.69, 9.17) is 0 Å². The van der Waals surface area contributed by atoms with Gasteiger partial charge >= 0.3 is 0 Å². The van der Waals surface area contributed by atoms with Crippen molar-refractivity contribution in [2.45, 2.75) is 0 Å². The summed E-state index contributed by atoms with van der Waals surface area (Å²) in [5.41, 5.74) is 2.64. The topological polar surface area (TPSA) is 54.9 Å². The van der Waals surface area contributed by atoms with Crippen LogP contribution in [0, 0.1) is 0 Å². The number of amides is 1. The quantitative estimate of drug-likeness (QED) is 0.608. The number of hydrogen-bond donors (Lipinski definition) is 1. The number of nitrogens with one attached hydrogen (secondary N) is 1. The molecule has 0 radical (unpaired) electrons. The predicted molar refractivity (Wildman–Crippen MR) is 91.4 cm³/mol. The molecule has 0 aliphatic heterocycles. The van der Waals surface area contributed by atoms with Crippen molar-refractivity contribution in [3.63, 3.8) is 0 Å². The molecule has 1 N–H and O–H groups in total. The molecule has 4 rings (SSSR count). The van der Waals surface area contributed by atoms with Crippen molar-refractivity contribution in [1.29, 1.82) is 0 Å². The van der Waals surface area contributed by atoms with Crippen LogP contribution in [0.5, 0.6) is 0 Å². The smallest absolute Gasteiger partial charge is 0.274 e. The molecule has 2 aromatic heterocycles. The fourth-order valence-electron chi connectivity index (χ4n) is 2.58. The van der Waals surface area contributed by atoms with Crippen LogP contribution in [-0.2, 0) is 0 Å². The Kier molecular flexibility index (Phi) is 3.20. The average molecular weight is 299 g/mol. The van der Waals surface area contributed by atoms with Crippen LogP contribution in [0.3, 0.4) is 0 Å². The fraction of sp³-hybridized carbons (Fsp3) is 0. The van der Waals surface area contributed by atoms with E-state index in [9.17, 15) is 4.79 Å². The first-order valence-electron chi connectivity index (χ1n) is 7.32. The van der Waals surface area contributed by atoms with Crippen molar-refractivity contribution in [3.8, 4) is 0 Å². The molecule has 2 aromatic carbocycles. The van der Waals surface area contributed by atoms with Crippen LogP contribution in [0.2, 0.25) is 0 Å². The van der Waals surface area contributed by atoms with Crippen LogP contribution in [-0.4, -0.2) is 15.9 Å². The van der Waals surface area contributed by atoms with Crippen molar-refractivity contribution in [2.75, 3.05) is 5.32 Å². The number of pyridine rings is 2. The maximum Gasteiger partial charge on any atom is 0.274 e. The van der Waals surface area contributed by atoms with E-state index >= 15 is 0 Å². The highest BCUT2D eigenvalue weighted by molar-refractivity contribution is 6.08. The summed E-state index contributed by atoms with van der Waals surface area (Å²) in [6.07, 6.45) is 1.71. The maximum absolute atomic E-state index is 12.5. The number of nitrogens with zero attached hydrogens (tertiary/aromatic N) is 2. The summed E-state index contributed by atoms with van der Waals surface area (Å²) in [6.45, 7) is 0. The normalized spacial score (nSPS) is 10.8. The number of carbonyl (C=O) groups is 1. The van der Waals surface area contributed by atoms with Gasteiger partial charge in [0, 0.05) is 17.0 Å². The Morgan fingerprint density at radius 2 is 1.65 bits per heavy atom. The zero-order valence-electron chi connectivity index (χ0n) is 12.2. The molecular weight excluding hydrogens is 286 g/mol. The van der Waals surface area contributed by atoms with Crippen molar-refractivity contribution < 1.29 is 4.79 Å². The largest absolute Gasteiger partial charge is 0.319 e. The predicted octanol–water partition coefficient (Wildman–Crippen LogP) is 4.04. The summed E-state index contributed by atoms with van der Waals surface area (Å²) in [7, 11) is 0. The van der Waals surface area contributed by atoms with Gasteiger partial charge in [-0.2, -0.15) is 0 Å². The third kappa shape index (κ3) is 2.51. The van der Waals surface area contributed by atoms with Crippen LogP contribution < -0.4 is 5.32 Å². The number of anilines is 1. The molecule has 0 aliphatic rings. The van der Waals surface area contributed by atoms with Gasteiger partial charge in [-0.15, -0.1) is 0 Å². The number of para-hydroxylation sites is 2. The van der Waals surface area contributed by atoms with Gasteiger partial charge in [0.2, 0.25) is 0 Å². The third-order valence-electron chi connectivity index (χ3n) is 3.71. The fourth-order valence-corrected chi connectivity index (χ4v) is 2.58. The monoisotopic (exact) mass is 299 g/mol. The van der Waals surface area contributed by atoms with E-state index in [2.05, 4.69) is 15.3 Å². The van der Waals surface area contributed by atoms with E-state index < -0.39 is 0 Å². The molecule has 4 aromatic rings. The molecule has 0 unspecified atom stereocenters. The Labute approximate surface area is 132 Å². The van der Waals surface area contributed by atoms with Crippen molar-refractivity contribution in [3.05, 3.63) is 78.6 Å². The van der Waals surface area contributed by atoms with Gasteiger partial charge in [0.15, 0.2) is 0 Å². The molecule has 4 nitrogen and oxygen atoms in total. The second-order valence-electron chi connectivity index (χ2n) is 5.22. The van der Waals surface area contributed by atoms with Gasteiger partial charge in [-0.3, -0.25) is 9.78 Å². The van der Waals surface area contributed by atoms with E-state index in [1.165, 1.54) is 0 Å². The summed E-state index contributed by atoms with van der Waals surface area (Å²) in [5.74, 6) is -0.242. The number of hydrogen-bond acceptors (Lipinski definition) is 3. The van der Waals surface area contributed by atoms with Crippen LogP contribution in [0.25, 0.3) is 21.8 Å². The van der Waals surface area contributed by atoms with Gasteiger partial charge < -0.3 is 5.32 Å². The zero-order valence-corrected chi connectivity index (χ0v) is 12.2. The van der Waals surface area contributed by atoms with Gasteiger partial charge in [0.05, 0.1) is 16.7 Å². The average Bonchev–Trinajstić information content (AvgIpc) is 2.61. The standard InChI is InChI=1S/C19H13N3O/c23-19(17-11-10-13-5-1-2-8-15(13)21-17)22-16-9-3-6-14-7-4-12-20-18(14)16/h1-12H,(H,22,23). The van der Waals surface area contributed by atoms with Crippen molar-refractivity contribution in [1.82, 2.24) is 9.97 Å². The lowest BCUT2D eigenvalue weighted by Gasteiger charge is -2.08. The summed E-state index contributed by atoms with van der Waals surface area (Å²) < 4.78 is 0. The van der Waals surface area contributed by atoms with Crippen molar-refractivity contribution >= 4 is 33.4 Å². The first-order chi connectivity index (χ1) is 11.3. The molecule has 0 aliphatic carbocycles. The minimum Gasteiger partial charge on any atom is -0.319 e. The molecular formula is C19H13N3O. The van der Waals surface area contributed by atoms with Crippen molar-refractivity contribution in [2.24, 2.45) is 0 Å². The molecule has 0 saturated carbocycles. The van der Waals surface area contributed by atoms with Crippen LogP contribution >= 0.6 is 0 Å². The van der Waals surface area contributed by atoms with E-state index in [-0.39, 0.29) is 5.91 Å². The van der Waals surface area contributed by atoms with E-state index in [1.807, 2.05) is 60.7 Å². The van der Waals surface area contributed by atoms with Crippen LogP contribution in [0.1, 0.15) is 10.5 Å². The summed E-state index contributed by atoms with van der Waals surface area (Å²) in [6, 6.07) is 20.9. The summed E-state index contributed by atoms with van der Waals surface area (Å²) >= 11 is 0. The summed E-state index contributed by atoms with van der Waals surface area (Å²) in [4.78, 5) is 21.3. The minimum atomic E-state index is -0.242. The van der Waals surface area contributed by atoms with Gasteiger partial charge in [-0.25, -0.2) is 4.98 Å². The second-order valence-corrected chi connectivity index (χ2v) is 5.22. The highest BCUT2D eigenvalue weighted by Crippen LogP contribution is 2.21. The van der Waals surface area contributed by atoms with Gasteiger partial charge in [-0.1, -0.05) is 42.5 Å². The Morgan fingerprint density at radius 3 is 2.61 bits per heavy atom. The first-order valence-corrected chi connectivity index (χ1v) is 7.32. The molecule has 0 atom stereocenters. The lowest BCUT2D eigenvalue weighted by atomic mass is 10.1. The van der Waals surface area contributed by atoms with E-state index in [0.717, 1.165) is 21.8 Å². The van der Waals surface area contributed by atoms with E-state index in [0.29, 0.717) is 11.4 Å². The molecule has 0 spiro atoms. The lowest BCUT2D eigenvalue weighted by molar-refractivity contribution is 0.102. The number of carbonyl (C=O) groups excluding carboxylic acids is 1. The molecule has 4 heteroatoms. The molecule has 0 bridgehead atoms. The Balaban J connectivity index is 1.70. The Hall–Kier alpha value is -3.27. The SMILES string of the molecule is O=C(Nc1cccc2cccnc12)c1ccc2ccccc2n1. The molecule has 0 fully saturated rings. The molecule has 110 valence electrons. The van der Waals surface area contributed by atoms with Gasteiger partial charge in [-0.05, 0) is 24.3 Å². The number of aromatic nitrogens is 2.